The molecule has 0 bridgehead atoms. The van der Waals surface area contributed by atoms with Gasteiger partial charge in [0.05, 0.1) is 6.61 Å². The fourth-order valence-corrected chi connectivity index (χ4v) is 2.24. The summed E-state index contributed by atoms with van der Waals surface area (Å²) >= 11 is 6.36. The molecule has 1 atom stereocenters. The minimum Gasteiger partial charge on any atom is -0.383 e. The highest BCUT2D eigenvalue weighted by atomic mass is 35.5. The van der Waals surface area contributed by atoms with Gasteiger partial charge in [-0.2, -0.15) is 0 Å². The molecular formula is C15H23ClN2O. The third-order valence-corrected chi connectivity index (χ3v) is 3.49. The van der Waals surface area contributed by atoms with E-state index in [4.69, 9.17) is 16.3 Å². The predicted molar refractivity (Wildman–Crippen MR) is 83.2 cm³/mol. The van der Waals surface area contributed by atoms with Crippen LogP contribution in [0.15, 0.2) is 30.9 Å². The van der Waals surface area contributed by atoms with Gasteiger partial charge < -0.3 is 15.0 Å². The highest BCUT2D eigenvalue weighted by Gasteiger charge is 2.11. The fourth-order valence-electron chi connectivity index (χ4n) is 1.90. The minimum atomic E-state index is 0.244. The number of nitrogens with zero attached hydrogens (tertiary/aromatic N) is 1. The molecule has 0 aliphatic carbocycles. The molecule has 106 valence electrons. The lowest BCUT2D eigenvalue weighted by Gasteiger charge is -2.24. The van der Waals surface area contributed by atoms with Crippen molar-refractivity contribution in [3.63, 3.8) is 0 Å². The summed E-state index contributed by atoms with van der Waals surface area (Å²) in [5.41, 5.74) is 2.20. The Kier molecular flexibility index (Phi) is 6.92. The number of ether oxygens (including phenoxy) is 1. The number of rotatable bonds is 8. The maximum Gasteiger partial charge on any atom is 0.0637 e. The molecule has 0 spiro atoms. The van der Waals surface area contributed by atoms with Crippen molar-refractivity contribution in [3.8, 4) is 0 Å². The number of hydrogen-bond donors (Lipinski definition) is 1. The summed E-state index contributed by atoms with van der Waals surface area (Å²) in [7, 11) is 3.63. The van der Waals surface area contributed by atoms with E-state index in [1.54, 1.807) is 7.11 Å². The molecule has 0 aliphatic heterocycles. The zero-order chi connectivity index (χ0) is 14.3. The summed E-state index contributed by atoms with van der Waals surface area (Å²) in [6.45, 7) is 8.16. The van der Waals surface area contributed by atoms with Gasteiger partial charge in [-0.3, -0.25) is 0 Å². The summed E-state index contributed by atoms with van der Waals surface area (Å²) in [4.78, 5) is 2.19. The van der Waals surface area contributed by atoms with Crippen LogP contribution in [0, 0.1) is 0 Å². The van der Waals surface area contributed by atoms with Crippen LogP contribution < -0.4 is 10.2 Å². The van der Waals surface area contributed by atoms with Gasteiger partial charge in [-0.1, -0.05) is 23.7 Å². The molecule has 0 saturated carbocycles. The molecule has 0 fully saturated rings. The van der Waals surface area contributed by atoms with Gasteiger partial charge in [-0.25, -0.2) is 0 Å². The van der Waals surface area contributed by atoms with Crippen molar-refractivity contribution in [3.05, 3.63) is 41.4 Å². The summed E-state index contributed by atoms with van der Waals surface area (Å²) in [5.74, 6) is 0. The van der Waals surface area contributed by atoms with Crippen LogP contribution in [0.4, 0.5) is 5.69 Å². The van der Waals surface area contributed by atoms with E-state index in [1.165, 1.54) is 0 Å². The molecular weight excluding hydrogens is 260 g/mol. The van der Waals surface area contributed by atoms with E-state index in [-0.39, 0.29) is 6.04 Å². The molecule has 0 radical (unpaired) electrons. The van der Waals surface area contributed by atoms with Crippen molar-refractivity contribution in [2.75, 3.05) is 38.8 Å². The maximum absolute atomic E-state index is 6.36. The zero-order valence-corrected chi connectivity index (χ0v) is 12.7. The summed E-state index contributed by atoms with van der Waals surface area (Å²) in [6.07, 6.45) is 1.88. The maximum atomic E-state index is 6.36. The van der Waals surface area contributed by atoms with Crippen LogP contribution in [-0.2, 0) is 4.74 Å². The van der Waals surface area contributed by atoms with Crippen LogP contribution in [0.5, 0.6) is 0 Å². The third kappa shape index (κ3) is 4.53. The number of nitrogens with one attached hydrogen (secondary N) is 1. The lowest BCUT2D eigenvalue weighted by molar-refractivity contribution is 0.206. The van der Waals surface area contributed by atoms with Gasteiger partial charge in [-0.05, 0) is 31.7 Å². The largest absolute Gasteiger partial charge is 0.383 e. The first-order valence-corrected chi connectivity index (χ1v) is 6.83. The molecule has 3 nitrogen and oxygen atoms in total. The van der Waals surface area contributed by atoms with Gasteiger partial charge in [0.25, 0.3) is 0 Å². The summed E-state index contributed by atoms with van der Waals surface area (Å²) in [6, 6.07) is 6.41. The number of hydrogen-bond acceptors (Lipinski definition) is 3. The van der Waals surface area contributed by atoms with E-state index in [1.807, 2.05) is 19.2 Å². The quantitative estimate of drug-likeness (QED) is 0.741. The molecule has 1 aromatic rings. The normalized spacial score (nSPS) is 12.2. The summed E-state index contributed by atoms with van der Waals surface area (Å²) in [5, 5.41) is 3.98. The Hall–Kier alpha value is -1.03. The van der Waals surface area contributed by atoms with E-state index in [2.05, 4.69) is 35.9 Å². The van der Waals surface area contributed by atoms with Crippen LogP contribution in [0.2, 0.25) is 5.02 Å². The first-order valence-electron chi connectivity index (χ1n) is 6.45. The minimum absolute atomic E-state index is 0.244. The number of halogens is 1. The lowest BCUT2D eigenvalue weighted by Crippen LogP contribution is -2.27. The highest BCUT2D eigenvalue weighted by Crippen LogP contribution is 2.27. The van der Waals surface area contributed by atoms with Crippen LogP contribution in [0.3, 0.4) is 0 Å². The van der Waals surface area contributed by atoms with Gasteiger partial charge >= 0.3 is 0 Å². The number of methoxy groups -OCH3 is 1. The van der Waals surface area contributed by atoms with Crippen LogP contribution in [0.1, 0.15) is 18.5 Å². The topological polar surface area (TPSA) is 24.5 Å². The van der Waals surface area contributed by atoms with Crippen LogP contribution >= 0.6 is 11.6 Å². The number of anilines is 1. The van der Waals surface area contributed by atoms with Crippen molar-refractivity contribution in [1.82, 2.24) is 5.32 Å². The Balaban J connectivity index is 2.92. The Bertz CT molecular complexity index is 409. The molecule has 1 N–H and O–H groups in total. The Labute approximate surface area is 121 Å². The molecule has 0 heterocycles. The van der Waals surface area contributed by atoms with Gasteiger partial charge in [0.2, 0.25) is 0 Å². The third-order valence-electron chi connectivity index (χ3n) is 3.16. The Morgan fingerprint density at radius 1 is 1.53 bits per heavy atom. The second kappa shape index (κ2) is 8.20. The lowest BCUT2D eigenvalue weighted by atomic mass is 10.1. The van der Waals surface area contributed by atoms with E-state index in [0.29, 0.717) is 6.61 Å². The highest BCUT2D eigenvalue weighted by molar-refractivity contribution is 6.31. The first-order chi connectivity index (χ1) is 9.13. The molecule has 0 amide bonds. The molecule has 0 aliphatic rings. The van der Waals surface area contributed by atoms with Gasteiger partial charge in [0.1, 0.15) is 0 Å². The van der Waals surface area contributed by atoms with Crippen molar-refractivity contribution in [1.29, 1.82) is 0 Å². The van der Waals surface area contributed by atoms with Crippen LogP contribution in [-0.4, -0.2) is 33.9 Å². The molecule has 1 unspecified atom stereocenters. The molecule has 1 aromatic carbocycles. The van der Waals surface area contributed by atoms with E-state index < -0.39 is 0 Å². The predicted octanol–water partition coefficient (Wildman–Crippen LogP) is 3.26. The molecule has 4 heteroatoms. The van der Waals surface area contributed by atoms with Crippen LogP contribution in [0.25, 0.3) is 0 Å². The van der Waals surface area contributed by atoms with E-state index in [9.17, 15) is 0 Å². The average Bonchev–Trinajstić information content (AvgIpc) is 2.42. The number of benzene rings is 1. The first kappa shape index (κ1) is 16.0. The van der Waals surface area contributed by atoms with Crippen molar-refractivity contribution < 1.29 is 4.74 Å². The molecule has 0 aromatic heterocycles. The second-order valence-electron chi connectivity index (χ2n) is 4.44. The van der Waals surface area contributed by atoms with Crippen molar-refractivity contribution >= 4 is 17.3 Å². The van der Waals surface area contributed by atoms with Gasteiger partial charge in [0, 0.05) is 37.0 Å². The Morgan fingerprint density at radius 2 is 2.26 bits per heavy atom. The van der Waals surface area contributed by atoms with Gasteiger partial charge in [0.15, 0.2) is 0 Å². The standard InChI is InChI=1S/C15H23ClN2O/c1-5-8-18(9-10-19-4)13-6-7-14(12(2)17-3)15(16)11-13/h5-7,11-12,17H,1,8-10H2,2-4H3. The van der Waals surface area contributed by atoms with Crippen molar-refractivity contribution in [2.45, 2.75) is 13.0 Å². The molecule has 1 rings (SSSR count). The molecule has 0 saturated heterocycles. The Morgan fingerprint density at radius 3 is 2.79 bits per heavy atom. The molecule has 19 heavy (non-hydrogen) atoms. The second-order valence-corrected chi connectivity index (χ2v) is 4.85. The van der Waals surface area contributed by atoms with Gasteiger partial charge in [-0.15, -0.1) is 6.58 Å². The van der Waals surface area contributed by atoms with Crippen molar-refractivity contribution in [2.24, 2.45) is 0 Å². The summed E-state index contributed by atoms with van der Waals surface area (Å²) < 4.78 is 5.13. The monoisotopic (exact) mass is 282 g/mol. The zero-order valence-electron chi connectivity index (χ0n) is 11.9. The average molecular weight is 283 g/mol. The van der Waals surface area contributed by atoms with E-state index >= 15 is 0 Å². The SMILES string of the molecule is C=CCN(CCOC)c1ccc(C(C)NC)c(Cl)c1. The smallest absolute Gasteiger partial charge is 0.0637 e. The fraction of sp³-hybridized carbons (Fsp3) is 0.467. The van der Waals surface area contributed by atoms with E-state index in [0.717, 1.165) is 29.4 Å².